The zero-order chi connectivity index (χ0) is 15.2. The van der Waals surface area contributed by atoms with Crippen LogP contribution in [0, 0.1) is 0 Å². The van der Waals surface area contributed by atoms with E-state index in [1.807, 2.05) is 24.3 Å². The third-order valence-corrected chi connectivity index (χ3v) is 4.20. The number of nitrogens with one attached hydrogen (secondary N) is 1. The molecule has 0 aliphatic carbocycles. The molecule has 2 nitrogen and oxygen atoms in total. The molecular weight excluding hydrogens is 326 g/mol. The largest absolute Gasteiger partial charge is 0.457 e. The van der Waals surface area contributed by atoms with E-state index in [2.05, 4.69) is 60.2 Å². The minimum atomic E-state index is 0.322. The molecule has 2 rings (SSSR count). The van der Waals surface area contributed by atoms with Crippen molar-refractivity contribution in [1.82, 2.24) is 5.32 Å². The second kappa shape index (κ2) is 7.62. The number of aryl methyl sites for hydroxylation is 1. The molecule has 0 bridgehead atoms. The number of hydrogen-bond donors (Lipinski definition) is 1. The van der Waals surface area contributed by atoms with Gasteiger partial charge >= 0.3 is 0 Å². The van der Waals surface area contributed by atoms with E-state index in [4.69, 9.17) is 4.74 Å². The Bertz CT molecular complexity index is 580. The van der Waals surface area contributed by atoms with Crippen LogP contribution in [0.3, 0.4) is 0 Å². The van der Waals surface area contributed by atoms with E-state index >= 15 is 0 Å². The fourth-order valence-corrected chi connectivity index (χ4v) is 2.97. The average Bonchev–Trinajstić information content (AvgIpc) is 2.48. The molecule has 0 aliphatic heterocycles. The maximum Gasteiger partial charge on any atom is 0.128 e. The van der Waals surface area contributed by atoms with Crippen LogP contribution in [0.5, 0.6) is 11.5 Å². The molecule has 1 unspecified atom stereocenters. The standard InChI is InChI=1S/C18H22BrNO/c1-4-14-6-8-15(9-7-14)21-16-10-11-17(18(19)12-16)13(3)20-5-2/h6-13,20H,4-5H2,1-3H3. The first-order valence-corrected chi connectivity index (χ1v) is 8.23. The zero-order valence-corrected chi connectivity index (χ0v) is 14.4. The topological polar surface area (TPSA) is 21.3 Å². The molecule has 2 aromatic rings. The number of halogens is 1. The highest BCUT2D eigenvalue weighted by Crippen LogP contribution is 2.30. The van der Waals surface area contributed by atoms with Crippen LogP contribution in [0.25, 0.3) is 0 Å². The Kier molecular flexibility index (Phi) is 5.83. The second-order valence-corrected chi connectivity index (χ2v) is 5.92. The number of hydrogen-bond acceptors (Lipinski definition) is 2. The van der Waals surface area contributed by atoms with Crippen molar-refractivity contribution in [3.05, 3.63) is 58.1 Å². The Morgan fingerprint density at radius 2 is 1.71 bits per heavy atom. The van der Waals surface area contributed by atoms with Gasteiger partial charge in [0.1, 0.15) is 11.5 Å². The van der Waals surface area contributed by atoms with Crippen LogP contribution >= 0.6 is 15.9 Å². The highest BCUT2D eigenvalue weighted by molar-refractivity contribution is 9.10. The summed E-state index contributed by atoms with van der Waals surface area (Å²) in [6, 6.07) is 14.7. The van der Waals surface area contributed by atoms with Crippen molar-refractivity contribution in [3.63, 3.8) is 0 Å². The van der Waals surface area contributed by atoms with Crippen LogP contribution in [0.2, 0.25) is 0 Å². The molecule has 0 heterocycles. The first-order chi connectivity index (χ1) is 10.1. The van der Waals surface area contributed by atoms with Crippen molar-refractivity contribution in [1.29, 1.82) is 0 Å². The Morgan fingerprint density at radius 1 is 1.05 bits per heavy atom. The molecule has 0 aromatic heterocycles. The van der Waals surface area contributed by atoms with Crippen LogP contribution in [0.1, 0.15) is 37.9 Å². The Morgan fingerprint density at radius 3 is 2.29 bits per heavy atom. The molecular formula is C18H22BrNO. The summed E-state index contributed by atoms with van der Waals surface area (Å²) in [5, 5.41) is 3.41. The lowest BCUT2D eigenvalue weighted by Gasteiger charge is -2.15. The van der Waals surface area contributed by atoms with Crippen LogP contribution in [-0.4, -0.2) is 6.54 Å². The van der Waals surface area contributed by atoms with Gasteiger partial charge in [-0.2, -0.15) is 0 Å². The lowest BCUT2D eigenvalue weighted by Crippen LogP contribution is -2.17. The SMILES string of the molecule is CCNC(C)c1ccc(Oc2ccc(CC)cc2)cc1Br. The molecule has 2 aromatic carbocycles. The third-order valence-electron chi connectivity index (χ3n) is 3.52. The summed E-state index contributed by atoms with van der Waals surface area (Å²) in [7, 11) is 0. The van der Waals surface area contributed by atoms with Gasteiger partial charge in [-0.05, 0) is 55.3 Å². The minimum absolute atomic E-state index is 0.322. The van der Waals surface area contributed by atoms with Crippen LogP contribution in [0.15, 0.2) is 46.9 Å². The van der Waals surface area contributed by atoms with Gasteiger partial charge in [-0.15, -0.1) is 0 Å². The van der Waals surface area contributed by atoms with Gasteiger partial charge in [0, 0.05) is 10.5 Å². The maximum absolute atomic E-state index is 5.90. The number of rotatable bonds is 6. The quantitative estimate of drug-likeness (QED) is 0.747. The van der Waals surface area contributed by atoms with E-state index < -0.39 is 0 Å². The summed E-state index contributed by atoms with van der Waals surface area (Å²) in [6.45, 7) is 7.38. The monoisotopic (exact) mass is 347 g/mol. The predicted molar refractivity (Wildman–Crippen MR) is 92.1 cm³/mol. The van der Waals surface area contributed by atoms with Gasteiger partial charge in [-0.3, -0.25) is 0 Å². The lowest BCUT2D eigenvalue weighted by atomic mass is 10.1. The molecule has 0 saturated heterocycles. The zero-order valence-electron chi connectivity index (χ0n) is 12.8. The summed E-state index contributed by atoms with van der Waals surface area (Å²) in [4.78, 5) is 0. The molecule has 3 heteroatoms. The minimum Gasteiger partial charge on any atom is -0.457 e. The average molecular weight is 348 g/mol. The normalized spacial score (nSPS) is 12.2. The van der Waals surface area contributed by atoms with Gasteiger partial charge in [0.25, 0.3) is 0 Å². The van der Waals surface area contributed by atoms with Crippen molar-refractivity contribution in [3.8, 4) is 11.5 Å². The maximum atomic E-state index is 5.90. The van der Waals surface area contributed by atoms with Crippen LogP contribution in [-0.2, 0) is 6.42 Å². The summed E-state index contributed by atoms with van der Waals surface area (Å²) in [5.74, 6) is 1.71. The molecule has 0 aliphatic rings. The smallest absolute Gasteiger partial charge is 0.128 e. The van der Waals surface area contributed by atoms with Gasteiger partial charge in [0.2, 0.25) is 0 Å². The van der Waals surface area contributed by atoms with Gasteiger partial charge in [-0.25, -0.2) is 0 Å². The van der Waals surface area contributed by atoms with E-state index in [-0.39, 0.29) is 0 Å². The van der Waals surface area contributed by atoms with Gasteiger partial charge < -0.3 is 10.1 Å². The number of ether oxygens (including phenoxy) is 1. The lowest BCUT2D eigenvalue weighted by molar-refractivity contribution is 0.481. The summed E-state index contributed by atoms with van der Waals surface area (Å²) >= 11 is 3.63. The molecule has 112 valence electrons. The highest BCUT2D eigenvalue weighted by atomic mass is 79.9. The van der Waals surface area contributed by atoms with Crippen LogP contribution < -0.4 is 10.1 Å². The van der Waals surface area contributed by atoms with Crippen molar-refractivity contribution in [2.45, 2.75) is 33.2 Å². The van der Waals surface area contributed by atoms with Crippen molar-refractivity contribution in [2.24, 2.45) is 0 Å². The van der Waals surface area contributed by atoms with Crippen LogP contribution in [0.4, 0.5) is 0 Å². The van der Waals surface area contributed by atoms with Gasteiger partial charge in [0.05, 0.1) is 0 Å². The first-order valence-electron chi connectivity index (χ1n) is 7.43. The highest BCUT2D eigenvalue weighted by Gasteiger charge is 2.09. The van der Waals surface area contributed by atoms with E-state index in [9.17, 15) is 0 Å². The first kappa shape index (κ1) is 16.1. The fourth-order valence-electron chi connectivity index (χ4n) is 2.27. The van der Waals surface area contributed by atoms with E-state index in [1.165, 1.54) is 11.1 Å². The van der Waals surface area contributed by atoms with Gasteiger partial charge in [-0.1, -0.05) is 48.0 Å². The van der Waals surface area contributed by atoms with E-state index in [0.717, 1.165) is 28.9 Å². The Hall–Kier alpha value is -1.32. The summed E-state index contributed by atoms with van der Waals surface area (Å²) in [6.07, 6.45) is 1.04. The molecule has 0 spiro atoms. The van der Waals surface area contributed by atoms with Crippen molar-refractivity contribution >= 4 is 15.9 Å². The fraction of sp³-hybridized carbons (Fsp3) is 0.333. The van der Waals surface area contributed by atoms with Crippen molar-refractivity contribution in [2.75, 3.05) is 6.54 Å². The molecule has 0 saturated carbocycles. The predicted octanol–water partition coefficient (Wildman–Crippen LogP) is 5.47. The molecule has 1 atom stereocenters. The molecule has 1 N–H and O–H groups in total. The van der Waals surface area contributed by atoms with E-state index in [1.54, 1.807) is 0 Å². The summed E-state index contributed by atoms with van der Waals surface area (Å²) in [5.41, 5.74) is 2.56. The molecule has 0 radical (unpaired) electrons. The summed E-state index contributed by atoms with van der Waals surface area (Å²) < 4.78 is 6.97. The third kappa shape index (κ3) is 4.32. The molecule has 0 amide bonds. The Labute approximate surface area is 135 Å². The second-order valence-electron chi connectivity index (χ2n) is 5.06. The van der Waals surface area contributed by atoms with Crippen molar-refractivity contribution < 1.29 is 4.74 Å². The van der Waals surface area contributed by atoms with E-state index in [0.29, 0.717) is 6.04 Å². The molecule has 21 heavy (non-hydrogen) atoms. The number of benzene rings is 2. The van der Waals surface area contributed by atoms with Gasteiger partial charge in [0.15, 0.2) is 0 Å². The molecule has 0 fully saturated rings. The Balaban J connectivity index is 2.12.